The zero-order valence-electron chi connectivity index (χ0n) is 22.5. The Balaban J connectivity index is 1.64. The number of methoxy groups -OCH3 is 2. The van der Waals surface area contributed by atoms with Crippen molar-refractivity contribution in [2.24, 2.45) is 0 Å². The number of carbonyl (C=O) groups excluding carboxylic acids is 2. The molecule has 2 aliphatic rings. The number of amides is 1. The first-order valence-electron chi connectivity index (χ1n) is 12.6. The number of benzene rings is 1. The molecule has 2 aromatic rings. The lowest BCUT2D eigenvalue weighted by Gasteiger charge is -2.47. The van der Waals surface area contributed by atoms with Gasteiger partial charge >= 0.3 is 12.1 Å². The van der Waals surface area contributed by atoms with Crippen molar-refractivity contribution >= 4 is 12.1 Å². The van der Waals surface area contributed by atoms with Crippen molar-refractivity contribution in [3.05, 3.63) is 52.8 Å². The van der Waals surface area contributed by atoms with Gasteiger partial charge in [0.05, 0.1) is 14.2 Å². The van der Waals surface area contributed by atoms with E-state index in [1.807, 2.05) is 45.2 Å². The third-order valence-corrected chi connectivity index (χ3v) is 6.88. The molecule has 0 saturated carbocycles. The normalized spacial score (nSPS) is 21.3. The van der Waals surface area contributed by atoms with E-state index in [4.69, 9.17) is 18.9 Å². The summed E-state index contributed by atoms with van der Waals surface area (Å²) in [4.78, 5) is 31.5. The van der Waals surface area contributed by atoms with E-state index in [2.05, 4.69) is 28.2 Å². The predicted octanol–water partition coefficient (Wildman–Crippen LogP) is 3.93. The average Bonchev–Trinajstić information content (AvgIpc) is 2.85. The summed E-state index contributed by atoms with van der Waals surface area (Å²) in [5.41, 5.74) is 3.80. The number of nitrogens with zero attached hydrogens (tertiary/aromatic N) is 2. The van der Waals surface area contributed by atoms with Crippen LogP contribution in [0, 0.1) is 6.92 Å². The van der Waals surface area contributed by atoms with Crippen LogP contribution in [0.4, 0.5) is 4.79 Å². The van der Waals surface area contributed by atoms with E-state index in [0.717, 1.165) is 41.9 Å². The number of ether oxygens (including phenoxy) is 4. The Bertz CT molecular complexity index is 1150. The van der Waals surface area contributed by atoms with E-state index in [0.29, 0.717) is 17.9 Å². The molecule has 37 heavy (non-hydrogen) atoms. The van der Waals surface area contributed by atoms with Crippen LogP contribution in [0.3, 0.4) is 0 Å². The fourth-order valence-corrected chi connectivity index (χ4v) is 5.19. The molecule has 0 radical (unpaired) electrons. The van der Waals surface area contributed by atoms with E-state index in [1.165, 1.54) is 7.11 Å². The third-order valence-electron chi connectivity index (χ3n) is 6.88. The van der Waals surface area contributed by atoms with Crippen molar-refractivity contribution in [3.8, 4) is 11.5 Å². The van der Waals surface area contributed by atoms with Gasteiger partial charge in [0.2, 0.25) is 0 Å². The molecule has 1 aromatic carbocycles. The molecule has 1 amide bonds. The summed E-state index contributed by atoms with van der Waals surface area (Å²) >= 11 is 0. The number of hydrogen-bond donors (Lipinski definition) is 1. The van der Waals surface area contributed by atoms with E-state index >= 15 is 0 Å². The lowest BCUT2D eigenvalue weighted by Crippen LogP contribution is -2.53. The molecule has 1 saturated heterocycles. The summed E-state index contributed by atoms with van der Waals surface area (Å²) in [6.45, 7) is 9.06. The van der Waals surface area contributed by atoms with Crippen LogP contribution in [0.25, 0.3) is 0 Å². The molecule has 3 heterocycles. The van der Waals surface area contributed by atoms with Crippen LogP contribution >= 0.6 is 0 Å². The highest BCUT2D eigenvalue weighted by Gasteiger charge is 2.41. The smallest absolute Gasteiger partial charge is 0.407 e. The molecule has 9 heteroatoms. The van der Waals surface area contributed by atoms with Crippen molar-refractivity contribution in [2.75, 3.05) is 33.9 Å². The first kappa shape index (κ1) is 26.7. The Morgan fingerprint density at radius 3 is 2.62 bits per heavy atom. The number of piperidine rings is 1. The summed E-state index contributed by atoms with van der Waals surface area (Å²) in [5.74, 6) is 0.643. The van der Waals surface area contributed by atoms with Crippen molar-refractivity contribution in [3.63, 3.8) is 0 Å². The molecule has 200 valence electrons. The van der Waals surface area contributed by atoms with Gasteiger partial charge in [-0.1, -0.05) is 0 Å². The number of esters is 1. The van der Waals surface area contributed by atoms with Crippen molar-refractivity contribution in [2.45, 2.75) is 64.1 Å². The van der Waals surface area contributed by atoms with Gasteiger partial charge in [0, 0.05) is 43.0 Å². The maximum atomic E-state index is 12.8. The van der Waals surface area contributed by atoms with Crippen LogP contribution in [0.2, 0.25) is 0 Å². The number of fused-ring (bicyclic) bond motifs is 3. The minimum Gasteiger partial charge on any atom is -0.493 e. The van der Waals surface area contributed by atoms with Crippen molar-refractivity contribution < 1.29 is 28.5 Å². The second kappa shape index (κ2) is 11.0. The minimum atomic E-state index is -0.590. The Kier molecular flexibility index (Phi) is 7.92. The summed E-state index contributed by atoms with van der Waals surface area (Å²) in [5, 5.41) is 3.15. The van der Waals surface area contributed by atoms with Crippen LogP contribution < -0.4 is 14.8 Å². The van der Waals surface area contributed by atoms with Crippen molar-refractivity contribution in [1.82, 2.24) is 15.2 Å². The molecule has 4 rings (SSSR count). The van der Waals surface area contributed by atoms with E-state index in [-0.39, 0.29) is 24.6 Å². The number of pyridine rings is 1. The first-order valence-corrected chi connectivity index (χ1v) is 12.6. The Morgan fingerprint density at radius 1 is 1.16 bits per heavy atom. The predicted molar refractivity (Wildman–Crippen MR) is 138 cm³/mol. The second-order valence-corrected chi connectivity index (χ2v) is 10.7. The lowest BCUT2D eigenvalue weighted by molar-refractivity contribution is -0.142. The fraction of sp³-hybridized carbons (Fsp3) is 0.536. The summed E-state index contributed by atoms with van der Waals surface area (Å²) in [7, 11) is 2.91. The van der Waals surface area contributed by atoms with Crippen LogP contribution in [-0.2, 0) is 20.7 Å². The summed E-state index contributed by atoms with van der Waals surface area (Å²) in [6.07, 6.45) is 2.93. The van der Waals surface area contributed by atoms with Gasteiger partial charge in [0.25, 0.3) is 0 Å². The van der Waals surface area contributed by atoms with Crippen LogP contribution in [0.15, 0.2) is 30.5 Å². The number of aryl methyl sites for hydroxylation is 1. The largest absolute Gasteiger partial charge is 0.493 e. The standard InChI is InChI=1S/C28H37N3O6/c1-17-7-9-29-21(11-17)20-15-31-10-8-18-12-25(36-16-26(32)35-6)24(34-5)13-19(18)23(31)14-22(20)30-27(33)37-28(2,3)4/h7,9,11-13,20,22-23H,8,10,14-16H2,1-6H3,(H,30,33)/t20-,22+,23+/m0/s1. The molecule has 9 nitrogen and oxygen atoms in total. The van der Waals surface area contributed by atoms with E-state index in [1.54, 1.807) is 7.11 Å². The molecular weight excluding hydrogens is 474 g/mol. The minimum absolute atomic E-state index is 0.0229. The van der Waals surface area contributed by atoms with Gasteiger partial charge in [-0.3, -0.25) is 9.88 Å². The molecule has 0 aliphatic carbocycles. The molecule has 0 spiro atoms. The maximum absolute atomic E-state index is 12.8. The molecule has 2 aliphatic heterocycles. The zero-order chi connectivity index (χ0) is 26.7. The SMILES string of the molecule is COC(=O)COc1cc2c(cc1OC)[C@H]1C[C@@H](NC(=O)OC(C)(C)C)[C@H](c3cc(C)ccn3)CN1CC2. The monoisotopic (exact) mass is 511 g/mol. The Labute approximate surface area is 218 Å². The molecule has 0 unspecified atom stereocenters. The first-order chi connectivity index (χ1) is 17.6. The highest BCUT2D eigenvalue weighted by Crippen LogP contribution is 2.44. The second-order valence-electron chi connectivity index (χ2n) is 10.7. The number of carbonyl (C=O) groups is 2. The fourth-order valence-electron chi connectivity index (χ4n) is 5.19. The zero-order valence-corrected chi connectivity index (χ0v) is 22.5. The summed E-state index contributed by atoms with van der Waals surface area (Å²) < 4.78 is 21.6. The average molecular weight is 512 g/mol. The lowest BCUT2D eigenvalue weighted by atomic mass is 9.79. The van der Waals surface area contributed by atoms with Gasteiger partial charge in [0.15, 0.2) is 18.1 Å². The molecule has 1 aromatic heterocycles. The molecular formula is C28H37N3O6. The highest BCUT2D eigenvalue weighted by atomic mass is 16.6. The van der Waals surface area contributed by atoms with Gasteiger partial charge in [-0.15, -0.1) is 0 Å². The Hall–Kier alpha value is -3.33. The number of nitrogens with one attached hydrogen (secondary N) is 1. The number of alkyl carbamates (subject to hydrolysis) is 1. The van der Waals surface area contributed by atoms with Crippen LogP contribution in [0.1, 0.15) is 61.5 Å². The number of rotatable bonds is 6. The van der Waals surface area contributed by atoms with Gasteiger partial charge < -0.3 is 24.3 Å². The molecule has 3 atom stereocenters. The highest BCUT2D eigenvalue weighted by molar-refractivity contribution is 5.71. The van der Waals surface area contributed by atoms with E-state index < -0.39 is 17.7 Å². The topological polar surface area (TPSA) is 99.2 Å². The number of aromatic nitrogens is 1. The quantitative estimate of drug-likeness (QED) is 0.583. The van der Waals surface area contributed by atoms with Crippen LogP contribution in [-0.4, -0.2) is 67.5 Å². The van der Waals surface area contributed by atoms with E-state index in [9.17, 15) is 9.59 Å². The van der Waals surface area contributed by atoms with Crippen molar-refractivity contribution in [1.29, 1.82) is 0 Å². The maximum Gasteiger partial charge on any atom is 0.407 e. The molecule has 0 bridgehead atoms. The van der Waals surface area contributed by atoms with Gasteiger partial charge in [0.1, 0.15) is 5.60 Å². The van der Waals surface area contributed by atoms with Gasteiger partial charge in [-0.25, -0.2) is 9.59 Å². The third kappa shape index (κ3) is 6.33. The molecule has 1 N–H and O–H groups in total. The number of hydrogen-bond acceptors (Lipinski definition) is 8. The molecule has 1 fully saturated rings. The van der Waals surface area contributed by atoms with Crippen LogP contribution in [0.5, 0.6) is 11.5 Å². The Morgan fingerprint density at radius 2 is 1.95 bits per heavy atom. The summed E-state index contributed by atoms with van der Waals surface area (Å²) in [6, 6.07) is 7.94. The van der Waals surface area contributed by atoms with Gasteiger partial charge in [-0.2, -0.15) is 0 Å². The van der Waals surface area contributed by atoms with Gasteiger partial charge in [-0.05, 0) is 81.5 Å².